The van der Waals surface area contributed by atoms with Crippen LogP contribution in [0.15, 0.2) is 42.6 Å². The smallest absolute Gasteiger partial charge is 0.293 e. The van der Waals surface area contributed by atoms with Crippen molar-refractivity contribution in [2.45, 2.75) is 6.92 Å². The molecule has 1 aromatic carbocycles. The maximum atomic E-state index is 12.4. The molecule has 1 aliphatic heterocycles. The second kappa shape index (κ2) is 7.92. The Bertz CT molecular complexity index is 789. The van der Waals surface area contributed by atoms with Crippen LogP contribution in [0.1, 0.15) is 5.56 Å². The number of benzene rings is 1. The number of nitrogens with zero attached hydrogens (tertiary/aromatic N) is 2. The van der Waals surface area contributed by atoms with E-state index in [-0.39, 0.29) is 11.6 Å². The summed E-state index contributed by atoms with van der Waals surface area (Å²) in [5, 5.41) is 13.9. The van der Waals surface area contributed by atoms with Gasteiger partial charge in [0, 0.05) is 12.1 Å². The molecule has 0 spiro atoms. The maximum Gasteiger partial charge on any atom is 0.293 e. The SMILES string of the molecule is Cc1cccc([N+](=O)[O-])c1NC(=O)C[NH+]1CCN(c2cccc[nH+]2)CC1. The standard InChI is InChI=1S/C18H21N5O3/c1-14-5-4-6-15(23(25)26)18(14)20-17(24)13-21-9-11-22(12-10-21)16-7-2-3-8-19-16/h2-8H,9-13H2,1H3,(H,20,24)/p+2. The topological polar surface area (TPSA) is 94.1 Å². The summed E-state index contributed by atoms with van der Waals surface area (Å²) in [6.45, 7) is 5.45. The number of quaternary nitrogens is 1. The van der Waals surface area contributed by atoms with Gasteiger partial charge in [-0.15, -0.1) is 0 Å². The third kappa shape index (κ3) is 4.15. The summed E-state index contributed by atoms with van der Waals surface area (Å²) in [6, 6.07) is 10.8. The number of hydrogen-bond acceptors (Lipinski definition) is 4. The summed E-state index contributed by atoms with van der Waals surface area (Å²) in [5.41, 5.74) is 0.907. The van der Waals surface area contributed by atoms with E-state index in [1.165, 1.54) is 11.0 Å². The van der Waals surface area contributed by atoms with Crippen molar-refractivity contribution in [1.29, 1.82) is 0 Å². The monoisotopic (exact) mass is 357 g/mol. The first-order valence-electron chi connectivity index (χ1n) is 8.63. The van der Waals surface area contributed by atoms with E-state index in [9.17, 15) is 14.9 Å². The third-order valence-electron chi connectivity index (χ3n) is 4.63. The molecule has 1 amide bonds. The second-order valence-corrected chi connectivity index (χ2v) is 6.44. The van der Waals surface area contributed by atoms with Gasteiger partial charge in [0.25, 0.3) is 17.4 Å². The van der Waals surface area contributed by atoms with Crippen molar-refractivity contribution in [2.75, 3.05) is 42.9 Å². The van der Waals surface area contributed by atoms with Gasteiger partial charge in [-0.2, -0.15) is 0 Å². The van der Waals surface area contributed by atoms with Crippen molar-refractivity contribution in [2.24, 2.45) is 0 Å². The van der Waals surface area contributed by atoms with Crippen LogP contribution < -0.4 is 20.1 Å². The van der Waals surface area contributed by atoms with Gasteiger partial charge in [0.1, 0.15) is 31.9 Å². The van der Waals surface area contributed by atoms with Gasteiger partial charge in [-0.1, -0.05) is 18.2 Å². The molecule has 1 fully saturated rings. The third-order valence-corrected chi connectivity index (χ3v) is 4.63. The number of piperazine rings is 1. The van der Waals surface area contributed by atoms with Gasteiger partial charge >= 0.3 is 0 Å². The molecule has 0 bridgehead atoms. The molecule has 1 aliphatic rings. The van der Waals surface area contributed by atoms with Gasteiger partial charge < -0.3 is 10.2 Å². The number of pyridine rings is 1. The number of hydrogen-bond donors (Lipinski definition) is 2. The van der Waals surface area contributed by atoms with Crippen molar-refractivity contribution >= 4 is 23.1 Å². The Morgan fingerprint density at radius 3 is 2.69 bits per heavy atom. The molecule has 8 heteroatoms. The fourth-order valence-electron chi connectivity index (χ4n) is 3.20. The van der Waals surface area contributed by atoms with Crippen LogP contribution in [0.25, 0.3) is 0 Å². The molecule has 2 heterocycles. The lowest BCUT2D eigenvalue weighted by Crippen LogP contribution is -3.15. The van der Waals surface area contributed by atoms with Gasteiger partial charge in [-0.05, 0) is 18.6 Å². The lowest BCUT2D eigenvalue weighted by Gasteiger charge is -2.27. The van der Waals surface area contributed by atoms with Crippen LogP contribution in [0.3, 0.4) is 0 Å². The van der Waals surface area contributed by atoms with Crippen LogP contribution >= 0.6 is 0 Å². The molecular weight excluding hydrogens is 334 g/mol. The fraction of sp³-hybridized carbons (Fsp3) is 0.333. The number of aromatic nitrogens is 1. The zero-order valence-corrected chi connectivity index (χ0v) is 14.7. The van der Waals surface area contributed by atoms with E-state index in [0.717, 1.165) is 32.0 Å². The number of nitro groups is 1. The first kappa shape index (κ1) is 17.8. The second-order valence-electron chi connectivity index (χ2n) is 6.44. The average molecular weight is 357 g/mol. The highest BCUT2D eigenvalue weighted by Gasteiger charge is 2.28. The van der Waals surface area contributed by atoms with E-state index in [0.29, 0.717) is 17.8 Å². The molecule has 3 rings (SSSR count). The Kier molecular flexibility index (Phi) is 5.43. The summed E-state index contributed by atoms with van der Waals surface area (Å²) >= 11 is 0. The van der Waals surface area contributed by atoms with E-state index < -0.39 is 4.92 Å². The Morgan fingerprint density at radius 1 is 1.27 bits per heavy atom. The Balaban J connectivity index is 1.56. The molecule has 2 aromatic rings. The van der Waals surface area contributed by atoms with Crippen LogP contribution in [0.4, 0.5) is 17.2 Å². The van der Waals surface area contributed by atoms with E-state index in [4.69, 9.17) is 0 Å². The van der Waals surface area contributed by atoms with Crippen LogP contribution in [-0.2, 0) is 4.79 Å². The Morgan fingerprint density at radius 2 is 2.04 bits per heavy atom. The minimum Gasteiger partial charge on any atom is -0.321 e. The summed E-state index contributed by atoms with van der Waals surface area (Å²) in [5.74, 6) is 0.878. The van der Waals surface area contributed by atoms with E-state index in [1.807, 2.05) is 24.4 Å². The van der Waals surface area contributed by atoms with E-state index >= 15 is 0 Å². The number of H-pyrrole nitrogens is 1. The van der Waals surface area contributed by atoms with Crippen molar-refractivity contribution < 1.29 is 19.6 Å². The minimum absolute atomic E-state index is 0.0715. The summed E-state index contributed by atoms with van der Waals surface area (Å²) in [6.07, 6.45) is 1.90. The van der Waals surface area contributed by atoms with Crippen molar-refractivity contribution in [3.8, 4) is 0 Å². The Labute approximate surface area is 151 Å². The van der Waals surface area contributed by atoms with Crippen molar-refractivity contribution in [3.63, 3.8) is 0 Å². The molecule has 3 N–H and O–H groups in total. The van der Waals surface area contributed by atoms with Crippen LogP contribution in [0.2, 0.25) is 0 Å². The molecule has 0 saturated carbocycles. The normalized spacial score (nSPS) is 14.9. The zero-order chi connectivity index (χ0) is 18.5. The highest BCUT2D eigenvalue weighted by molar-refractivity contribution is 5.94. The number of rotatable bonds is 5. The molecule has 1 saturated heterocycles. The van der Waals surface area contributed by atoms with Crippen molar-refractivity contribution in [1.82, 2.24) is 0 Å². The van der Waals surface area contributed by atoms with E-state index in [1.54, 1.807) is 19.1 Å². The number of para-hydroxylation sites is 1. The van der Waals surface area contributed by atoms with Gasteiger partial charge in [0.2, 0.25) is 0 Å². The lowest BCUT2D eigenvalue weighted by atomic mass is 10.1. The molecule has 0 atom stereocenters. The number of carbonyl (C=O) groups is 1. The molecule has 0 unspecified atom stereocenters. The number of nitrogens with one attached hydrogen (secondary N) is 3. The number of aryl methyl sites for hydroxylation is 1. The summed E-state index contributed by atoms with van der Waals surface area (Å²) in [7, 11) is 0. The first-order valence-corrected chi connectivity index (χ1v) is 8.63. The summed E-state index contributed by atoms with van der Waals surface area (Å²) < 4.78 is 0. The summed E-state index contributed by atoms with van der Waals surface area (Å²) in [4.78, 5) is 29.7. The largest absolute Gasteiger partial charge is 0.321 e. The number of anilines is 2. The van der Waals surface area contributed by atoms with Crippen LogP contribution in [0, 0.1) is 17.0 Å². The van der Waals surface area contributed by atoms with Gasteiger partial charge in [0.05, 0.1) is 11.1 Å². The van der Waals surface area contributed by atoms with Crippen LogP contribution in [-0.4, -0.2) is 43.6 Å². The fourth-order valence-corrected chi connectivity index (χ4v) is 3.20. The Hall–Kier alpha value is -3.00. The number of aromatic amines is 1. The predicted octanol–water partition coefficient (Wildman–Crippen LogP) is 0.0609. The van der Waals surface area contributed by atoms with Gasteiger partial charge in [0.15, 0.2) is 6.54 Å². The quantitative estimate of drug-likeness (QED) is 0.584. The highest BCUT2D eigenvalue weighted by atomic mass is 16.6. The van der Waals surface area contributed by atoms with Crippen LogP contribution in [0.5, 0.6) is 0 Å². The number of amides is 1. The van der Waals surface area contributed by atoms with Gasteiger partial charge in [-0.3, -0.25) is 19.8 Å². The predicted molar refractivity (Wildman–Crippen MR) is 97.2 cm³/mol. The number of carbonyl (C=O) groups excluding carboxylic acids is 1. The van der Waals surface area contributed by atoms with Gasteiger partial charge in [-0.25, -0.2) is 4.98 Å². The van der Waals surface area contributed by atoms with E-state index in [2.05, 4.69) is 15.2 Å². The minimum atomic E-state index is -0.468. The first-order chi connectivity index (χ1) is 12.5. The molecule has 26 heavy (non-hydrogen) atoms. The highest BCUT2D eigenvalue weighted by Crippen LogP contribution is 2.27. The molecular formula is C18H23N5O3+2. The molecule has 0 aliphatic carbocycles. The number of nitro benzene ring substituents is 1. The lowest BCUT2D eigenvalue weighted by molar-refractivity contribution is -0.892. The molecule has 0 radical (unpaired) electrons. The average Bonchev–Trinajstić information content (AvgIpc) is 2.64. The molecule has 8 nitrogen and oxygen atoms in total. The zero-order valence-electron chi connectivity index (χ0n) is 14.7. The maximum absolute atomic E-state index is 12.4. The molecule has 1 aromatic heterocycles. The molecule has 136 valence electrons. The van der Waals surface area contributed by atoms with Crippen molar-refractivity contribution in [3.05, 3.63) is 58.3 Å².